The Hall–Kier alpha value is 0.880. The van der Waals surface area contributed by atoms with Crippen LogP contribution in [0.1, 0.15) is 150 Å². The zero-order chi connectivity index (χ0) is 20.8. The van der Waals surface area contributed by atoms with Crippen LogP contribution in [0.15, 0.2) is 0 Å². The number of halogens is 2. The van der Waals surface area contributed by atoms with E-state index in [1.54, 1.807) is 0 Å². The Labute approximate surface area is 219 Å². The Morgan fingerprint density at radius 2 is 0.677 bits per heavy atom. The molecule has 0 amide bonds. The molecule has 194 valence electrons. The third kappa shape index (κ3) is 25.3. The quantitative estimate of drug-likeness (QED) is 0.103. The Morgan fingerprint density at radius 1 is 0.387 bits per heavy atom. The molecule has 0 aliphatic carbocycles. The van der Waals surface area contributed by atoms with Gasteiger partial charge >= 0.3 is 0 Å². The van der Waals surface area contributed by atoms with Gasteiger partial charge in [0.2, 0.25) is 0 Å². The van der Waals surface area contributed by atoms with Crippen LogP contribution in [0.4, 0.5) is 0 Å². The molecule has 0 aliphatic heterocycles. The van der Waals surface area contributed by atoms with E-state index < -0.39 is 0 Å². The molecule has 2 nitrogen and oxygen atoms in total. The van der Waals surface area contributed by atoms with Gasteiger partial charge in [-0.05, 0) is 33.1 Å². The standard InChI is InChI=1S/C27H58N.2BrH.H3N/c1-5-9-10-11-12-13-14-15-16-17-18-19-20-21-22-23-24-25-27-28(7-3,8-4)26-6-2;;;/h5-27H2,1-4H3;2*1H;1H3/q+1;;;/p-1. The Balaban J connectivity index is -0.00000121. The Kier molecular flexibility index (Phi) is 39.0. The summed E-state index contributed by atoms with van der Waals surface area (Å²) in [5.74, 6) is 0. The van der Waals surface area contributed by atoms with Crippen molar-refractivity contribution in [3.05, 3.63) is 0 Å². The summed E-state index contributed by atoms with van der Waals surface area (Å²) in [4.78, 5) is 0. The van der Waals surface area contributed by atoms with Crippen LogP contribution in [-0.2, 0) is 0 Å². The number of rotatable bonds is 23. The fourth-order valence-corrected chi connectivity index (χ4v) is 4.79. The Bertz CT molecular complexity index is 297. The summed E-state index contributed by atoms with van der Waals surface area (Å²) in [5.41, 5.74) is 0. The molecule has 31 heavy (non-hydrogen) atoms. The van der Waals surface area contributed by atoms with Crippen LogP contribution >= 0.6 is 17.0 Å². The van der Waals surface area contributed by atoms with E-state index in [1.807, 2.05) is 0 Å². The van der Waals surface area contributed by atoms with Crippen molar-refractivity contribution in [2.45, 2.75) is 150 Å². The fourth-order valence-electron chi connectivity index (χ4n) is 4.79. The highest BCUT2D eigenvalue weighted by atomic mass is 79.9. The lowest BCUT2D eigenvalue weighted by molar-refractivity contribution is -0.925. The second-order valence-corrected chi connectivity index (χ2v) is 9.43. The van der Waals surface area contributed by atoms with E-state index in [0.29, 0.717) is 0 Å². The van der Waals surface area contributed by atoms with E-state index in [1.165, 1.54) is 153 Å². The monoisotopic (exact) mass is 572 g/mol. The first-order valence-corrected chi connectivity index (χ1v) is 13.6. The van der Waals surface area contributed by atoms with Crippen LogP contribution < -0.4 is 23.1 Å². The van der Waals surface area contributed by atoms with Crippen LogP contribution in [0, 0.1) is 0 Å². The third-order valence-electron chi connectivity index (χ3n) is 7.03. The minimum absolute atomic E-state index is 0. The number of hydrogen-bond acceptors (Lipinski definition) is 1. The first kappa shape index (κ1) is 39.1. The van der Waals surface area contributed by atoms with Crippen LogP contribution in [0.3, 0.4) is 0 Å². The second-order valence-electron chi connectivity index (χ2n) is 9.43. The summed E-state index contributed by atoms with van der Waals surface area (Å²) in [6.07, 6.45) is 27.8. The van der Waals surface area contributed by atoms with Crippen molar-refractivity contribution in [3.8, 4) is 0 Å². The molecule has 4 heteroatoms. The van der Waals surface area contributed by atoms with Crippen molar-refractivity contribution < 1.29 is 21.5 Å². The van der Waals surface area contributed by atoms with Crippen molar-refractivity contribution in [1.29, 1.82) is 0 Å². The highest BCUT2D eigenvalue weighted by Crippen LogP contribution is 2.15. The average Bonchev–Trinajstić information content (AvgIpc) is 2.72. The largest absolute Gasteiger partial charge is 1.00 e. The summed E-state index contributed by atoms with van der Waals surface area (Å²) >= 11 is 0. The lowest BCUT2D eigenvalue weighted by atomic mass is 10.0. The maximum Gasteiger partial charge on any atom is 0.0786 e. The number of nitrogens with zero attached hydrogens (tertiary/aromatic N) is 1. The van der Waals surface area contributed by atoms with Crippen molar-refractivity contribution in [3.63, 3.8) is 0 Å². The van der Waals surface area contributed by atoms with Crippen LogP contribution in [0.25, 0.3) is 0 Å². The molecule has 0 spiro atoms. The fraction of sp³-hybridized carbons (Fsp3) is 1.00. The van der Waals surface area contributed by atoms with E-state index in [4.69, 9.17) is 0 Å². The minimum atomic E-state index is 0. The van der Waals surface area contributed by atoms with Crippen LogP contribution in [0.5, 0.6) is 0 Å². The Morgan fingerprint density at radius 3 is 0.935 bits per heavy atom. The smallest absolute Gasteiger partial charge is 0.0786 e. The molecule has 0 aromatic carbocycles. The second kappa shape index (κ2) is 30.9. The van der Waals surface area contributed by atoms with Gasteiger partial charge in [-0.25, -0.2) is 0 Å². The van der Waals surface area contributed by atoms with Gasteiger partial charge in [-0.1, -0.05) is 117 Å². The lowest BCUT2D eigenvalue weighted by Crippen LogP contribution is -3.00. The van der Waals surface area contributed by atoms with Gasteiger partial charge < -0.3 is 27.6 Å². The van der Waals surface area contributed by atoms with Gasteiger partial charge in [0.15, 0.2) is 0 Å². The molecule has 0 bridgehead atoms. The first-order chi connectivity index (χ1) is 13.7. The van der Waals surface area contributed by atoms with Crippen LogP contribution in [-0.4, -0.2) is 30.7 Å². The van der Waals surface area contributed by atoms with Gasteiger partial charge in [0, 0.05) is 0 Å². The van der Waals surface area contributed by atoms with E-state index in [0.717, 1.165) is 0 Å². The lowest BCUT2D eigenvalue weighted by Gasteiger charge is -2.36. The zero-order valence-electron chi connectivity index (χ0n) is 22.2. The van der Waals surface area contributed by atoms with Crippen molar-refractivity contribution in [1.82, 2.24) is 6.15 Å². The summed E-state index contributed by atoms with van der Waals surface area (Å²) in [6.45, 7) is 14.9. The maximum absolute atomic E-state index is 2.38. The first-order valence-electron chi connectivity index (χ1n) is 13.6. The van der Waals surface area contributed by atoms with Gasteiger partial charge in [-0.3, -0.25) is 0 Å². The molecule has 3 N–H and O–H groups in total. The molecule has 0 aliphatic rings. The van der Waals surface area contributed by atoms with E-state index in [2.05, 4.69) is 27.7 Å². The number of hydrogen-bond donors (Lipinski definition) is 1. The van der Waals surface area contributed by atoms with E-state index >= 15 is 0 Å². The molecule has 0 saturated heterocycles. The average molecular weight is 575 g/mol. The topological polar surface area (TPSA) is 35.0 Å². The molecule has 0 unspecified atom stereocenters. The predicted molar refractivity (Wildman–Crippen MR) is 145 cm³/mol. The molecule has 0 saturated carbocycles. The highest BCUT2D eigenvalue weighted by molar-refractivity contribution is 8.93. The van der Waals surface area contributed by atoms with Crippen molar-refractivity contribution in [2.75, 3.05) is 26.2 Å². The molecule has 0 aromatic rings. The van der Waals surface area contributed by atoms with Gasteiger partial charge in [-0.2, -0.15) is 0 Å². The molecular weight excluding hydrogens is 512 g/mol. The molecule has 0 aromatic heterocycles. The number of quaternary nitrogens is 1. The van der Waals surface area contributed by atoms with Crippen molar-refractivity contribution >= 4 is 17.0 Å². The number of unbranched alkanes of at least 4 members (excludes halogenated alkanes) is 17. The summed E-state index contributed by atoms with van der Waals surface area (Å²) < 4.78 is 1.36. The predicted octanol–water partition coefficient (Wildman–Crippen LogP) is 7.04. The normalized spacial score (nSPS) is 10.8. The molecule has 0 fully saturated rings. The minimum Gasteiger partial charge on any atom is -1.00 e. The van der Waals surface area contributed by atoms with Gasteiger partial charge in [-0.15, -0.1) is 17.0 Å². The van der Waals surface area contributed by atoms with Gasteiger partial charge in [0.25, 0.3) is 0 Å². The summed E-state index contributed by atoms with van der Waals surface area (Å²) in [5, 5.41) is 0. The third-order valence-corrected chi connectivity index (χ3v) is 7.03. The summed E-state index contributed by atoms with van der Waals surface area (Å²) in [6, 6.07) is 0. The molecular formula is C27H62Br2N2. The van der Waals surface area contributed by atoms with Crippen molar-refractivity contribution in [2.24, 2.45) is 0 Å². The SMILES string of the molecule is Br.CCCCCCCCCCCCCCCCCCCC[N+](CC)(CC)CCC.N.[Br-]. The van der Waals surface area contributed by atoms with E-state index in [-0.39, 0.29) is 40.1 Å². The molecule has 0 atom stereocenters. The van der Waals surface area contributed by atoms with Crippen LogP contribution in [0.2, 0.25) is 0 Å². The van der Waals surface area contributed by atoms with Gasteiger partial charge in [0.1, 0.15) is 0 Å². The van der Waals surface area contributed by atoms with E-state index in [9.17, 15) is 0 Å². The zero-order valence-corrected chi connectivity index (χ0v) is 25.5. The van der Waals surface area contributed by atoms with Gasteiger partial charge in [0.05, 0.1) is 26.2 Å². The maximum atomic E-state index is 2.38. The molecule has 0 radical (unpaired) electrons. The molecule has 0 heterocycles. The highest BCUT2D eigenvalue weighted by Gasteiger charge is 2.20. The summed E-state index contributed by atoms with van der Waals surface area (Å²) in [7, 11) is 0. The molecule has 0 rings (SSSR count).